The molecule has 0 fully saturated rings. The van der Waals surface area contributed by atoms with Crippen LogP contribution in [0, 0.1) is 0 Å². The van der Waals surface area contributed by atoms with Gasteiger partial charge in [-0.25, -0.2) is 4.79 Å². The molecule has 0 aliphatic carbocycles. The summed E-state index contributed by atoms with van der Waals surface area (Å²) in [6, 6.07) is 7.60. The summed E-state index contributed by atoms with van der Waals surface area (Å²) in [7, 11) is 1.93. The minimum absolute atomic E-state index is 0.218. The second-order valence-corrected chi connectivity index (χ2v) is 4.88. The molecule has 4 nitrogen and oxygen atoms in total. The minimum atomic E-state index is -0.938. The van der Waals surface area contributed by atoms with E-state index in [1.807, 2.05) is 29.8 Å². The van der Waals surface area contributed by atoms with Crippen LogP contribution in [0.4, 0.5) is 0 Å². The van der Waals surface area contributed by atoms with E-state index in [-0.39, 0.29) is 5.69 Å². The van der Waals surface area contributed by atoms with Crippen LogP contribution in [-0.2, 0) is 7.05 Å². The molecular weight excluding hydrogens is 284 g/mol. The van der Waals surface area contributed by atoms with Crippen molar-refractivity contribution in [2.75, 3.05) is 0 Å². The molecule has 0 radical (unpaired) electrons. The number of hydrogen-bond acceptors (Lipinski definition) is 1. The fourth-order valence-electron chi connectivity index (χ4n) is 2.15. The highest BCUT2D eigenvalue weighted by Gasteiger charge is 2.14. The number of nitrogens with one attached hydrogen (secondary N) is 1. The Morgan fingerprint density at radius 3 is 2.82 bits per heavy atom. The van der Waals surface area contributed by atoms with E-state index in [1.165, 1.54) is 0 Å². The van der Waals surface area contributed by atoms with Crippen LogP contribution in [0.2, 0.25) is 0 Å². The highest BCUT2D eigenvalue weighted by molar-refractivity contribution is 9.10. The molecule has 0 saturated heterocycles. The Morgan fingerprint density at radius 2 is 2.12 bits per heavy atom. The molecule has 0 aliphatic heterocycles. The first-order valence-corrected chi connectivity index (χ1v) is 5.87. The summed E-state index contributed by atoms with van der Waals surface area (Å²) >= 11 is 3.43. The third kappa shape index (κ3) is 1.39. The maximum atomic E-state index is 10.9. The number of halogens is 1. The first kappa shape index (κ1) is 10.4. The van der Waals surface area contributed by atoms with Gasteiger partial charge >= 0.3 is 5.97 Å². The zero-order valence-corrected chi connectivity index (χ0v) is 10.6. The summed E-state index contributed by atoms with van der Waals surface area (Å²) in [5.41, 5.74) is 3.05. The second kappa shape index (κ2) is 3.37. The normalized spacial score (nSPS) is 11.4. The molecule has 5 heteroatoms. The lowest BCUT2D eigenvalue weighted by Crippen LogP contribution is -1.95. The fraction of sp³-hybridized carbons (Fsp3) is 0.0833. The van der Waals surface area contributed by atoms with Crippen LogP contribution >= 0.6 is 15.9 Å². The molecule has 3 aromatic rings. The van der Waals surface area contributed by atoms with Crippen LogP contribution in [0.25, 0.3) is 21.9 Å². The molecule has 0 spiro atoms. The van der Waals surface area contributed by atoms with E-state index in [2.05, 4.69) is 20.9 Å². The standard InChI is InChI=1S/C12H9BrN2O2/c1-15-9-4-6(13)2-3-7(9)11-10(15)5-8(14-11)12(16)17/h2-5,14H,1H3,(H,16,17). The highest BCUT2D eigenvalue weighted by atomic mass is 79.9. The van der Waals surface area contributed by atoms with Crippen LogP contribution in [-0.4, -0.2) is 20.6 Å². The number of hydrogen-bond donors (Lipinski definition) is 2. The van der Waals surface area contributed by atoms with E-state index >= 15 is 0 Å². The van der Waals surface area contributed by atoms with Gasteiger partial charge in [0.05, 0.1) is 16.6 Å². The van der Waals surface area contributed by atoms with Gasteiger partial charge in [-0.3, -0.25) is 0 Å². The van der Waals surface area contributed by atoms with Crippen LogP contribution in [0.5, 0.6) is 0 Å². The Balaban J connectivity index is 2.46. The lowest BCUT2D eigenvalue weighted by Gasteiger charge is -1.97. The number of aryl methyl sites for hydroxylation is 1. The molecule has 0 atom stereocenters. The Bertz CT molecular complexity index is 755. The summed E-state index contributed by atoms with van der Waals surface area (Å²) in [6.07, 6.45) is 0. The van der Waals surface area contributed by atoms with Gasteiger partial charge < -0.3 is 14.7 Å². The first-order valence-electron chi connectivity index (χ1n) is 5.08. The average molecular weight is 293 g/mol. The molecule has 0 bridgehead atoms. The molecule has 2 heterocycles. The van der Waals surface area contributed by atoms with Gasteiger partial charge in [-0.1, -0.05) is 15.9 Å². The Morgan fingerprint density at radius 1 is 1.35 bits per heavy atom. The first-order chi connectivity index (χ1) is 8.08. The number of carboxylic acid groups (broad SMARTS) is 1. The predicted octanol–water partition coefficient (Wildman–Crippen LogP) is 3.12. The van der Waals surface area contributed by atoms with Crippen molar-refractivity contribution in [3.63, 3.8) is 0 Å². The lowest BCUT2D eigenvalue weighted by atomic mass is 10.2. The quantitative estimate of drug-likeness (QED) is 0.724. The Hall–Kier alpha value is -1.75. The largest absolute Gasteiger partial charge is 0.477 e. The van der Waals surface area contributed by atoms with Crippen molar-refractivity contribution in [3.05, 3.63) is 34.4 Å². The van der Waals surface area contributed by atoms with Gasteiger partial charge in [0.1, 0.15) is 5.69 Å². The van der Waals surface area contributed by atoms with Gasteiger partial charge in [0.15, 0.2) is 0 Å². The Labute approximate surface area is 105 Å². The van der Waals surface area contributed by atoms with Crippen LogP contribution in [0.15, 0.2) is 28.7 Å². The van der Waals surface area contributed by atoms with Crippen molar-refractivity contribution in [2.24, 2.45) is 7.05 Å². The van der Waals surface area contributed by atoms with E-state index in [1.54, 1.807) is 6.07 Å². The van der Waals surface area contributed by atoms with Gasteiger partial charge in [-0.2, -0.15) is 0 Å². The van der Waals surface area contributed by atoms with Crippen molar-refractivity contribution in [1.29, 1.82) is 0 Å². The number of benzene rings is 1. The van der Waals surface area contributed by atoms with Crippen LogP contribution in [0.1, 0.15) is 10.5 Å². The number of aromatic amines is 1. The smallest absolute Gasteiger partial charge is 0.352 e. The van der Waals surface area contributed by atoms with E-state index < -0.39 is 5.97 Å². The van der Waals surface area contributed by atoms with Crippen molar-refractivity contribution in [3.8, 4) is 0 Å². The lowest BCUT2D eigenvalue weighted by molar-refractivity contribution is 0.0691. The molecule has 0 unspecified atom stereocenters. The summed E-state index contributed by atoms with van der Waals surface area (Å²) in [4.78, 5) is 13.9. The number of fused-ring (bicyclic) bond motifs is 3. The van der Waals surface area contributed by atoms with E-state index in [9.17, 15) is 4.79 Å². The molecule has 0 amide bonds. The molecule has 3 rings (SSSR count). The molecular formula is C12H9BrN2O2. The summed E-state index contributed by atoms with van der Waals surface area (Å²) in [5, 5.41) is 9.99. The monoisotopic (exact) mass is 292 g/mol. The molecule has 86 valence electrons. The number of H-pyrrole nitrogens is 1. The number of carboxylic acids is 1. The molecule has 2 N–H and O–H groups in total. The third-order valence-corrected chi connectivity index (χ3v) is 3.47. The van der Waals surface area contributed by atoms with Crippen molar-refractivity contribution in [2.45, 2.75) is 0 Å². The fourth-order valence-corrected chi connectivity index (χ4v) is 2.50. The minimum Gasteiger partial charge on any atom is -0.477 e. The molecule has 1 aromatic carbocycles. The van der Waals surface area contributed by atoms with Gasteiger partial charge in [-0.15, -0.1) is 0 Å². The van der Waals surface area contributed by atoms with Crippen LogP contribution < -0.4 is 0 Å². The zero-order chi connectivity index (χ0) is 12.2. The number of carbonyl (C=O) groups is 1. The SMILES string of the molecule is Cn1c2cc(Br)ccc2c2[nH]c(C(=O)O)cc21. The van der Waals surface area contributed by atoms with Gasteiger partial charge in [0.25, 0.3) is 0 Å². The Kier molecular flexibility index (Phi) is 2.06. The van der Waals surface area contributed by atoms with Crippen molar-refractivity contribution < 1.29 is 9.90 Å². The number of rotatable bonds is 1. The van der Waals surface area contributed by atoms with Gasteiger partial charge in [-0.05, 0) is 24.3 Å². The van der Waals surface area contributed by atoms with Gasteiger partial charge in [0.2, 0.25) is 0 Å². The van der Waals surface area contributed by atoms with Crippen molar-refractivity contribution in [1.82, 2.24) is 9.55 Å². The second-order valence-electron chi connectivity index (χ2n) is 3.97. The maximum Gasteiger partial charge on any atom is 0.352 e. The molecule has 2 aromatic heterocycles. The predicted molar refractivity (Wildman–Crippen MR) is 69.4 cm³/mol. The number of aromatic carboxylic acids is 1. The zero-order valence-electron chi connectivity index (χ0n) is 8.99. The van der Waals surface area contributed by atoms with E-state index in [0.717, 1.165) is 26.4 Å². The summed E-state index contributed by atoms with van der Waals surface area (Å²) < 4.78 is 2.99. The van der Waals surface area contributed by atoms with E-state index in [4.69, 9.17) is 5.11 Å². The average Bonchev–Trinajstić information content (AvgIpc) is 2.80. The highest BCUT2D eigenvalue weighted by Crippen LogP contribution is 2.30. The molecule has 17 heavy (non-hydrogen) atoms. The summed E-state index contributed by atoms with van der Waals surface area (Å²) in [5.74, 6) is -0.938. The summed E-state index contributed by atoms with van der Waals surface area (Å²) in [6.45, 7) is 0. The maximum absolute atomic E-state index is 10.9. The van der Waals surface area contributed by atoms with Crippen LogP contribution in [0.3, 0.4) is 0 Å². The van der Waals surface area contributed by atoms with Crippen molar-refractivity contribution >= 4 is 43.8 Å². The topological polar surface area (TPSA) is 58.0 Å². The molecule has 0 saturated carbocycles. The third-order valence-electron chi connectivity index (χ3n) is 2.98. The van der Waals surface area contributed by atoms with E-state index in [0.29, 0.717) is 0 Å². The van der Waals surface area contributed by atoms with Gasteiger partial charge in [0, 0.05) is 16.9 Å². The number of nitrogens with zero attached hydrogens (tertiary/aromatic N) is 1. The molecule has 0 aliphatic rings. The number of aromatic nitrogens is 2.